The molecule has 0 unspecified atom stereocenters. The summed E-state index contributed by atoms with van der Waals surface area (Å²) in [5, 5.41) is 12.5. The van der Waals surface area contributed by atoms with Crippen molar-refractivity contribution in [2.24, 2.45) is 0 Å². The number of fused-ring (bicyclic) bond motifs is 1. The summed E-state index contributed by atoms with van der Waals surface area (Å²) >= 11 is 0. The molecular formula is C15H18N2O3. The van der Waals surface area contributed by atoms with E-state index in [2.05, 4.69) is 10.3 Å². The summed E-state index contributed by atoms with van der Waals surface area (Å²) in [7, 11) is 0. The topological polar surface area (TPSA) is 82.2 Å². The standard InChI is InChI=1S/C15H18N2O3/c1-8-5-9(2)10-7-12(16-11(10)6-8)13(18)17-15(3,4)14(19)20/h5-7,16H,1-4H3,(H,17,18)(H,19,20). The van der Waals surface area contributed by atoms with Crippen LogP contribution in [0.3, 0.4) is 0 Å². The Balaban J connectivity index is 2.37. The lowest BCUT2D eigenvalue weighted by atomic mass is 10.1. The van der Waals surface area contributed by atoms with Gasteiger partial charge >= 0.3 is 5.97 Å². The molecule has 1 aromatic carbocycles. The molecule has 1 heterocycles. The second-order valence-corrected chi connectivity index (χ2v) is 5.61. The molecule has 0 fully saturated rings. The van der Waals surface area contributed by atoms with E-state index in [4.69, 9.17) is 5.11 Å². The van der Waals surface area contributed by atoms with Crippen LogP contribution in [-0.2, 0) is 4.79 Å². The first-order valence-electron chi connectivity index (χ1n) is 6.36. The van der Waals surface area contributed by atoms with Crippen molar-refractivity contribution in [3.63, 3.8) is 0 Å². The van der Waals surface area contributed by atoms with E-state index < -0.39 is 17.4 Å². The van der Waals surface area contributed by atoms with Crippen LogP contribution in [0.1, 0.15) is 35.5 Å². The summed E-state index contributed by atoms with van der Waals surface area (Å²) in [6.45, 7) is 6.86. The maximum Gasteiger partial charge on any atom is 0.328 e. The van der Waals surface area contributed by atoms with E-state index in [-0.39, 0.29) is 0 Å². The molecule has 0 aliphatic carbocycles. The minimum absolute atomic E-state index is 0.364. The van der Waals surface area contributed by atoms with Crippen LogP contribution in [-0.4, -0.2) is 27.5 Å². The SMILES string of the molecule is Cc1cc(C)c2cc(C(=O)NC(C)(C)C(=O)O)[nH]c2c1. The van der Waals surface area contributed by atoms with Gasteiger partial charge in [0.1, 0.15) is 11.2 Å². The molecule has 1 amide bonds. The maximum absolute atomic E-state index is 12.1. The number of carboxylic acids is 1. The largest absolute Gasteiger partial charge is 0.480 e. The fraction of sp³-hybridized carbons (Fsp3) is 0.333. The fourth-order valence-electron chi connectivity index (χ4n) is 2.13. The third kappa shape index (κ3) is 2.52. The number of hydrogen-bond acceptors (Lipinski definition) is 2. The normalized spacial score (nSPS) is 11.6. The van der Waals surface area contributed by atoms with Gasteiger partial charge in [0.2, 0.25) is 0 Å². The fourth-order valence-corrected chi connectivity index (χ4v) is 2.13. The average Bonchev–Trinajstić information content (AvgIpc) is 2.72. The number of aromatic amines is 1. The number of amides is 1. The van der Waals surface area contributed by atoms with Gasteiger partial charge in [-0.2, -0.15) is 0 Å². The van der Waals surface area contributed by atoms with Crippen molar-refractivity contribution in [2.75, 3.05) is 0 Å². The van der Waals surface area contributed by atoms with E-state index >= 15 is 0 Å². The minimum atomic E-state index is -1.31. The van der Waals surface area contributed by atoms with E-state index in [1.165, 1.54) is 13.8 Å². The molecule has 2 aromatic rings. The number of H-pyrrole nitrogens is 1. The van der Waals surface area contributed by atoms with Crippen LogP contribution in [0.2, 0.25) is 0 Å². The Hall–Kier alpha value is -2.30. The molecule has 0 saturated carbocycles. The summed E-state index contributed by atoms with van der Waals surface area (Å²) < 4.78 is 0. The van der Waals surface area contributed by atoms with Crippen molar-refractivity contribution in [3.05, 3.63) is 35.0 Å². The minimum Gasteiger partial charge on any atom is -0.480 e. The number of benzene rings is 1. The van der Waals surface area contributed by atoms with Gasteiger partial charge in [-0.25, -0.2) is 4.79 Å². The zero-order chi connectivity index (χ0) is 15.1. The molecule has 0 atom stereocenters. The first-order valence-corrected chi connectivity index (χ1v) is 6.36. The highest BCUT2D eigenvalue weighted by molar-refractivity contribution is 6.01. The summed E-state index contributed by atoms with van der Waals surface area (Å²) in [6.07, 6.45) is 0. The summed E-state index contributed by atoms with van der Waals surface area (Å²) in [5.74, 6) is -1.50. The molecule has 5 heteroatoms. The molecule has 0 aliphatic heterocycles. The third-order valence-electron chi connectivity index (χ3n) is 3.29. The van der Waals surface area contributed by atoms with Crippen molar-refractivity contribution in [2.45, 2.75) is 33.2 Å². The van der Waals surface area contributed by atoms with Crippen molar-refractivity contribution in [3.8, 4) is 0 Å². The number of nitrogens with one attached hydrogen (secondary N) is 2. The van der Waals surface area contributed by atoms with Crippen molar-refractivity contribution in [1.82, 2.24) is 10.3 Å². The van der Waals surface area contributed by atoms with Gasteiger partial charge in [0.15, 0.2) is 0 Å². The van der Waals surface area contributed by atoms with Crippen molar-refractivity contribution >= 4 is 22.8 Å². The molecule has 0 saturated heterocycles. The molecule has 106 valence electrons. The van der Waals surface area contributed by atoms with Gasteiger partial charge in [0.05, 0.1) is 0 Å². The molecule has 5 nitrogen and oxygen atoms in total. The van der Waals surface area contributed by atoms with Gasteiger partial charge in [0.25, 0.3) is 5.91 Å². The third-order valence-corrected chi connectivity index (χ3v) is 3.29. The Morgan fingerprint density at radius 2 is 1.85 bits per heavy atom. The van der Waals surface area contributed by atoms with Gasteiger partial charge in [-0.1, -0.05) is 6.07 Å². The zero-order valence-electron chi connectivity index (χ0n) is 12.0. The summed E-state index contributed by atoms with van der Waals surface area (Å²) in [4.78, 5) is 26.2. The lowest BCUT2D eigenvalue weighted by Gasteiger charge is -2.20. The average molecular weight is 274 g/mol. The maximum atomic E-state index is 12.1. The molecule has 0 aliphatic rings. The van der Waals surface area contributed by atoms with Gasteiger partial charge in [0, 0.05) is 10.9 Å². The molecular weight excluding hydrogens is 256 g/mol. The number of aryl methyl sites for hydroxylation is 2. The van der Waals surface area contributed by atoms with Crippen LogP contribution in [0.25, 0.3) is 10.9 Å². The Kier molecular flexibility index (Phi) is 3.29. The highest BCUT2D eigenvalue weighted by Crippen LogP contribution is 2.21. The zero-order valence-corrected chi connectivity index (χ0v) is 12.0. The molecule has 0 radical (unpaired) electrons. The Labute approximate surface area is 117 Å². The highest BCUT2D eigenvalue weighted by atomic mass is 16.4. The van der Waals surface area contributed by atoms with Gasteiger partial charge in [-0.05, 0) is 51.0 Å². The lowest BCUT2D eigenvalue weighted by molar-refractivity contribution is -0.143. The van der Waals surface area contributed by atoms with Gasteiger partial charge in [-0.15, -0.1) is 0 Å². The van der Waals surface area contributed by atoms with Crippen LogP contribution < -0.4 is 5.32 Å². The molecule has 1 aromatic heterocycles. The number of carbonyl (C=O) groups is 2. The summed E-state index contributed by atoms with van der Waals surface area (Å²) in [5.41, 5.74) is 2.12. The number of hydrogen-bond donors (Lipinski definition) is 3. The Morgan fingerprint density at radius 1 is 1.20 bits per heavy atom. The number of carboxylic acid groups (broad SMARTS) is 1. The molecule has 0 spiro atoms. The molecule has 2 rings (SSSR count). The second kappa shape index (κ2) is 4.67. The van der Waals surface area contributed by atoms with E-state index in [0.29, 0.717) is 5.69 Å². The lowest BCUT2D eigenvalue weighted by Crippen LogP contribution is -2.49. The van der Waals surface area contributed by atoms with E-state index in [1.54, 1.807) is 6.07 Å². The number of aromatic nitrogens is 1. The van der Waals surface area contributed by atoms with E-state index in [1.807, 2.05) is 26.0 Å². The second-order valence-electron chi connectivity index (χ2n) is 5.61. The molecule has 20 heavy (non-hydrogen) atoms. The number of carbonyl (C=O) groups excluding carboxylic acids is 1. The first-order chi connectivity index (χ1) is 9.20. The Bertz CT molecular complexity index is 698. The van der Waals surface area contributed by atoms with E-state index in [0.717, 1.165) is 22.0 Å². The van der Waals surface area contributed by atoms with Gasteiger partial charge < -0.3 is 15.4 Å². The number of rotatable bonds is 3. The highest BCUT2D eigenvalue weighted by Gasteiger charge is 2.29. The van der Waals surface area contributed by atoms with Crippen LogP contribution in [0, 0.1) is 13.8 Å². The quantitative estimate of drug-likeness (QED) is 0.803. The monoisotopic (exact) mass is 274 g/mol. The Morgan fingerprint density at radius 3 is 2.45 bits per heavy atom. The molecule has 3 N–H and O–H groups in total. The van der Waals surface area contributed by atoms with Crippen LogP contribution in [0.5, 0.6) is 0 Å². The summed E-state index contributed by atoms with van der Waals surface area (Å²) in [6, 6.07) is 5.75. The van der Waals surface area contributed by atoms with Crippen LogP contribution in [0.4, 0.5) is 0 Å². The van der Waals surface area contributed by atoms with Crippen LogP contribution in [0.15, 0.2) is 18.2 Å². The number of aliphatic carboxylic acids is 1. The predicted octanol–water partition coefficient (Wildman–Crippen LogP) is 2.38. The van der Waals surface area contributed by atoms with Gasteiger partial charge in [-0.3, -0.25) is 4.79 Å². The van der Waals surface area contributed by atoms with Crippen molar-refractivity contribution in [1.29, 1.82) is 0 Å². The van der Waals surface area contributed by atoms with Crippen LogP contribution >= 0.6 is 0 Å². The van der Waals surface area contributed by atoms with Crippen molar-refractivity contribution < 1.29 is 14.7 Å². The molecule has 0 bridgehead atoms. The smallest absolute Gasteiger partial charge is 0.328 e. The predicted molar refractivity (Wildman–Crippen MR) is 77.0 cm³/mol. The van der Waals surface area contributed by atoms with E-state index in [9.17, 15) is 9.59 Å². The first kappa shape index (κ1) is 14.1.